The average Bonchev–Trinajstić information content (AvgIpc) is 2.96. The topological polar surface area (TPSA) is 206 Å². The van der Waals surface area contributed by atoms with Crippen molar-refractivity contribution in [2.75, 3.05) is 16.6 Å². The Morgan fingerprint density at radius 2 is 1.40 bits per heavy atom. The van der Waals surface area contributed by atoms with Crippen LogP contribution < -0.4 is 21.7 Å². The number of nitrogens with zero attached hydrogens (tertiary/aromatic N) is 2. The lowest BCUT2D eigenvalue weighted by molar-refractivity contribution is -0.298. The Bertz CT molecular complexity index is 1900. The lowest BCUT2D eigenvalue weighted by Gasteiger charge is -2.20. The van der Waals surface area contributed by atoms with Crippen molar-refractivity contribution in [3.63, 3.8) is 0 Å². The van der Waals surface area contributed by atoms with Crippen LogP contribution >= 0.6 is 0 Å². The van der Waals surface area contributed by atoms with Crippen LogP contribution in [0.15, 0.2) is 106 Å². The number of hydrazone groups is 2. The molecule has 0 saturated heterocycles. The molecule has 13 heteroatoms. The van der Waals surface area contributed by atoms with Crippen molar-refractivity contribution in [3.05, 3.63) is 107 Å². The number of nitrogens with two attached hydrogens (primary N) is 1. The van der Waals surface area contributed by atoms with E-state index in [9.17, 15) is 32.5 Å². The minimum atomic E-state index is -5.00. The third kappa shape index (κ3) is 5.91. The lowest BCUT2D eigenvalue weighted by atomic mass is 9.94. The van der Waals surface area contributed by atoms with Gasteiger partial charge in [0.1, 0.15) is 15.8 Å². The van der Waals surface area contributed by atoms with Crippen molar-refractivity contribution in [2.24, 2.45) is 10.2 Å². The second kappa shape index (κ2) is 11.1. The number of rotatable bonds is 7. The Balaban J connectivity index is 1.30. The fraction of sp³-hybridized carbons (Fsp3) is 0. The highest BCUT2D eigenvalue weighted by Crippen LogP contribution is 2.28. The molecule has 5 rings (SSSR count). The number of Topliss-reactive ketones (excluding diaryl/α,β-unsaturated/α-hetero) is 1. The molecule has 0 heterocycles. The summed E-state index contributed by atoms with van der Waals surface area (Å²) in [6.45, 7) is 0. The fourth-order valence-corrected chi connectivity index (χ4v) is 4.76. The molecule has 0 bridgehead atoms. The third-order valence-electron chi connectivity index (χ3n) is 6.22. The van der Waals surface area contributed by atoms with Crippen LogP contribution in [0.5, 0.6) is 0 Å². The second-order valence-corrected chi connectivity index (χ2v) is 10.4. The van der Waals surface area contributed by atoms with E-state index >= 15 is 0 Å². The molecule has 3 aromatic rings. The number of carboxylic acid groups (broad SMARTS) is 1. The van der Waals surface area contributed by atoms with Crippen LogP contribution in [0.4, 0.5) is 17.1 Å². The van der Waals surface area contributed by atoms with Crippen LogP contribution in [0.1, 0.15) is 15.9 Å². The number of anilines is 3. The summed E-state index contributed by atoms with van der Waals surface area (Å²) in [6.07, 6.45) is 4.70. The van der Waals surface area contributed by atoms with Crippen molar-refractivity contribution in [1.29, 1.82) is 0 Å². The van der Waals surface area contributed by atoms with Gasteiger partial charge in [0.05, 0.1) is 28.0 Å². The molecule has 210 valence electrons. The molecule has 0 unspecified atom stereocenters. The molecule has 0 aromatic heterocycles. The summed E-state index contributed by atoms with van der Waals surface area (Å²) in [5.41, 5.74) is 13.8. The number of carbonyl (C=O) groups excluding carboxylic acids is 3. The Morgan fingerprint density at radius 3 is 1.98 bits per heavy atom. The molecule has 0 saturated carbocycles. The van der Waals surface area contributed by atoms with Gasteiger partial charge in [0.15, 0.2) is 5.78 Å². The molecule has 4 N–H and O–H groups in total. The van der Waals surface area contributed by atoms with E-state index in [2.05, 4.69) is 21.1 Å². The van der Waals surface area contributed by atoms with Gasteiger partial charge in [0.2, 0.25) is 5.78 Å². The van der Waals surface area contributed by atoms with Gasteiger partial charge in [-0.25, -0.2) is 8.42 Å². The predicted molar refractivity (Wildman–Crippen MR) is 154 cm³/mol. The monoisotopic (exact) mass is 581 g/mol. The minimum absolute atomic E-state index is 0.131. The number of carbonyl (C=O) groups is 3. The van der Waals surface area contributed by atoms with E-state index in [1.807, 2.05) is 12.1 Å². The average molecular weight is 582 g/mol. The van der Waals surface area contributed by atoms with Crippen LogP contribution in [0.2, 0.25) is 0 Å². The number of ketones is 2. The van der Waals surface area contributed by atoms with E-state index in [-0.39, 0.29) is 16.8 Å². The van der Waals surface area contributed by atoms with Gasteiger partial charge in [-0.15, -0.1) is 0 Å². The number of benzene rings is 3. The second-order valence-electron chi connectivity index (χ2n) is 9.06. The molecule has 12 nitrogen and oxygen atoms in total. The zero-order valence-corrected chi connectivity index (χ0v) is 22.2. The number of fused-ring (bicyclic) bond motifs is 1. The number of hydrogen-bond donors (Lipinski definition) is 3. The molecule has 2 aliphatic rings. The van der Waals surface area contributed by atoms with Crippen molar-refractivity contribution in [2.45, 2.75) is 0 Å². The van der Waals surface area contributed by atoms with E-state index in [4.69, 9.17) is 5.73 Å². The maximum Gasteiger partial charge on any atom is 0.215 e. The van der Waals surface area contributed by atoms with Crippen LogP contribution in [-0.4, -0.2) is 41.9 Å². The highest BCUT2D eigenvalue weighted by Gasteiger charge is 2.29. The summed E-state index contributed by atoms with van der Waals surface area (Å²) in [5.74, 6) is -2.99. The van der Waals surface area contributed by atoms with Gasteiger partial charge >= 0.3 is 0 Å². The first-order chi connectivity index (χ1) is 20.0. The summed E-state index contributed by atoms with van der Waals surface area (Å²) >= 11 is 0. The van der Waals surface area contributed by atoms with Crippen LogP contribution in [-0.2, 0) is 19.7 Å². The van der Waals surface area contributed by atoms with Gasteiger partial charge in [0.25, 0.3) is 0 Å². The Morgan fingerprint density at radius 1 is 0.810 bits per heavy atom. The van der Waals surface area contributed by atoms with Gasteiger partial charge in [-0.1, -0.05) is 30.3 Å². The van der Waals surface area contributed by atoms with Crippen molar-refractivity contribution in [3.8, 4) is 11.1 Å². The van der Waals surface area contributed by atoms with Crippen LogP contribution in [0.3, 0.4) is 0 Å². The molecule has 42 heavy (non-hydrogen) atoms. The molecule has 3 aromatic carbocycles. The number of hydrogen-bond acceptors (Lipinski definition) is 12. The number of nitrogen functional groups attached to an aromatic ring is 1. The van der Waals surface area contributed by atoms with Gasteiger partial charge in [-0.05, 0) is 77.4 Å². The summed E-state index contributed by atoms with van der Waals surface area (Å²) < 4.78 is 35.6. The largest absolute Gasteiger partial charge is 0.744 e. The van der Waals surface area contributed by atoms with Crippen molar-refractivity contribution >= 4 is 62.2 Å². The molecule has 0 amide bonds. The molecule has 0 atom stereocenters. The van der Waals surface area contributed by atoms with Gasteiger partial charge < -0.3 is 20.2 Å². The Kier molecular flexibility index (Phi) is 7.35. The minimum Gasteiger partial charge on any atom is -0.744 e. The van der Waals surface area contributed by atoms with Gasteiger partial charge in [0, 0.05) is 16.8 Å². The first kappa shape index (κ1) is 27.9. The van der Waals surface area contributed by atoms with Crippen molar-refractivity contribution < 1.29 is 32.5 Å². The summed E-state index contributed by atoms with van der Waals surface area (Å²) in [4.78, 5) is 34.8. The van der Waals surface area contributed by atoms with Gasteiger partial charge in [-0.2, -0.15) is 10.2 Å². The number of carboxylic acids is 1. The molecule has 0 aliphatic heterocycles. The summed E-state index contributed by atoms with van der Waals surface area (Å²) in [7, 11) is -5.00. The first-order valence-electron chi connectivity index (χ1n) is 12.1. The SMILES string of the molecule is Nc1ccc2c(c1)C(=O)C(=NNc1ccc(-c3ccc(NN=C4C=CC(=O)C(C(=O)[O-])=C4)cc3)cc1)C(S(=O)(=O)[O-])=C2. The Hall–Kier alpha value is -5.66. The van der Waals surface area contributed by atoms with Crippen LogP contribution in [0.25, 0.3) is 17.2 Å². The van der Waals surface area contributed by atoms with Crippen molar-refractivity contribution in [1.82, 2.24) is 0 Å². The van der Waals surface area contributed by atoms with E-state index in [1.54, 1.807) is 36.4 Å². The standard InChI is InChI=1S/C29H21N5O7S/c30-19-6-1-18-13-26(42(39,40)41)27(28(36)23(18)14-19)34-32-21-9-4-17(5-10-21)16-2-7-20(8-3-16)31-33-22-11-12-25(35)24(15-22)29(37)38/h1-15,31-32H,30H2,(H,37,38)(H,39,40,41)/p-2. The lowest BCUT2D eigenvalue weighted by Crippen LogP contribution is -2.29. The van der Waals surface area contributed by atoms with E-state index in [0.717, 1.165) is 29.4 Å². The number of aliphatic carboxylic acids is 1. The number of allylic oxidation sites excluding steroid dienone is 4. The zero-order valence-electron chi connectivity index (χ0n) is 21.4. The van der Waals surface area contributed by atoms with Gasteiger partial charge in [-0.3, -0.25) is 20.4 Å². The molecule has 2 aliphatic carbocycles. The maximum atomic E-state index is 13.0. The third-order valence-corrected chi connectivity index (χ3v) is 7.07. The highest BCUT2D eigenvalue weighted by atomic mass is 32.2. The molecular formula is C29H19N5O7S-2. The fourth-order valence-electron chi connectivity index (χ4n) is 4.11. The van der Waals surface area contributed by atoms with E-state index < -0.39 is 43.8 Å². The maximum absolute atomic E-state index is 13.0. The summed E-state index contributed by atoms with van der Waals surface area (Å²) in [5, 5.41) is 19.1. The molecule has 0 radical (unpaired) electrons. The van der Waals surface area contributed by atoms with E-state index in [0.29, 0.717) is 17.1 Å². The summed E-state index contributed by atoms with van der Waals surface area (Å²) in [6, 6.07) is 18.3. The normalized spacial score (nSPS) is 16.6. The first-order valence-corrected chi connectivity index (χ1v) is 13.6. The molecular weight excluding hydrogens is 562 g/mol. The van der Waals surface area contributed by atoms with E-state index in [1.165, 1.54) is 24.3 Å². The van der Waals surface area contributed by atoms with Crippen LogP contribution in [0, 0.1) is 0 Å². The zero-order chi connectivity index (χ0) is 30.0. The highest BCUT2D eigenvalue weighted by molar-refractivity contribution is 7.91. The Labute approximate surface area is 239 Å². The molecule has 0 spiro atoms. The smallest absolute Gasteiger partial charge is 0.215 e. The number of nitrogens with one attached hydrogen (secondary N) is 2. The predicted octanol–water partition coefficient (Wildman–Crippen LogP) is 2.07. The quantitative estimate of drug-likeness (QED) is 0.122. The molecule has 0 fully saturated rings.